The Labute approximate surface area is 115 Å². The van der Waals surface area contributed by atoms with Crippen molar-refractivity contribution in [2.45, 2.75) is 38.6 Å². The SMILES string of the molecule is Cc1cccc(C2(N)CCc3ccccc3C2)c1C. The molecule has 0 saturated carbocycles. The van der Waals surface area contributed by atoms with Crippen LogP contribution in [0.3, 0.4) is 0 Å². The number of aryl methyl sites for hydroxylation is 2. The van der Waals surface area contributed by atoms with E-state index in [1.165, 1.54) is 27.8 Å². The summed E-state index contributed by atoms with van der Waals surface area (Å²) in [5, 5.41) is 0. The lowest BCUT2D eigenvalue weighted by atomic mass is 9.73. The zero-order valence-corrected chi connectivity index (χ0v) is 11.7. The number of rotatable bonds is 1. The van der Waals surface area contributed by atoms with Crippen LogP contribution in [-0.4, -0.2) is 0 Å². The Kier molecular flexibility index (Phi) is 2.94. The maximum atomic E-state index is 6.76. The fourth-order valence-corrected chi connectivity index (χ4v) is 3.28. The van der Waals surface area contributed by atoms with Gasteiger partial charge in [-0.2, -0.15) is 0 Å². The van der Waals surface area contributed by atoms with Crippen LogP contribution >= 0.6 is 0 Å². The van der Waals surface area contributed by atoms with Gasteiger partial charge in [0.05, 0.1) is 0 Å². The number of hydrogen-bond donors (Lipinski definition) is 1. The van der Waals surface area contributed by atoms with Crippen molar-refractivity contribution >= 4 is 0 Å². The zero-order chi connectivity index (χ0) is 13.5. The molecule has 2 aromatic rings. The molecule has 1 unspecified atom stereocenters. The van der Waals surface area contributed by atoms with Crippen LogP contribution in [0.25, 0.3) is 0 Å². The van der Waals surface area contributed by atoms with E-state index >= 15 is 0 Å². The van der Waals surface area contributed by atoms with Gasteiger partial charge in [0.25, 0.3) is 0 Å². The molecule has 1 aliphatic carbocycles. The first-order chi connectivity index (χ1) is 9.10. The van der Waals surface area contributed by atoms with E-state index in [1.54, 1.807) is 0 Å². The van der Waals surface area contributed by atoms with Crippen LogP contribution in [0.2, 0.25) is 0 Å². The van der Waals surface area contributed by atoms with Gasteiger partial charge in [-0.1, -0.05) is 42.5 Å². The summed E-state index contributed by atoms with van der Waals surface area (Å²) in [5.41, 5.74) is 13.4. The van der Waals surface area contributed by atoms with Gasteiger partial charge in [0, 0.05) is 5.54 Å². The Balaban J connectivity index is 2.04. The molecule has 0 bridgehead atoms. The second-order valence-electron chi connectivity index (χ2n) is 5.85. The quantitative estimate of drug-likeness (QED) is 0.822. The molecule has 98 valence electrons. The van der Waals surface area contributed by atoms with Gasteiger partial charge in [0.15, 0.2) is 0 Å². The molecular weight excluding hydrogens is 230 g/mol. The largest absolute Gasteiger partial charge is 0.321 e. The van der Waals surface area contributed by atoms with E-state index in [0.717, 1.165) is 19.3 Å². The summed E-state index contributed by atoms with van der Waals surface area (Å²) < 4.78 is 0. The van der Waals surface area contributed by atoms with Gasteiger partial charge in [-0.15, -0.1) is 0 Å². The van der Waals surface area contributed by atoms with Crippen LogP contribution in [-0.2, 0) is 18.4 Å². The topological polar surface area (TPSA) is 26.0 Å². The molecule has 1 aliphatic rings. The van der Waals surface area contributed by atoms with Gasteiger partial charge in [0.2, 0.25) is 0 Å². The second-order valence-corrected chi connectivity index (χ2v) is 5.85. The van der Waals surface area contributed by atoms with Crippen LogP contribution in [0.1, 0.15) is 34.2 Å². The Morgan fingerprint density at radius 1 is 0.947 bits per heavy atom. The predicted molar refractivity (Wildman–Crippen MR) is 80.2 cm³/mol. The molecular formula is C18H21N. The molecule has 0 heterocycles. The van der Waals surface area contributed by atoms with Crippen LogP contribution in [0, 0.1) is 13.8 Å². The lowest BCUT2D eigenvalue weighted by Crippen LogP contribution is -2.42. The van der Waals surface area contributed by atoms with Crippen molar-refractivity contribution < 1.29 is 0 Å². The van der Waals surface area contributed by atoms with Crippen molar-refractivity contribution in [3.05, 3.63) is 70.3 Å². The highest BCUT2D eigenvalue weighted by Gasteiger charge is 2.33. The number of fused-ring (bicyclic) bond motifs is 1. The lowest BCUT2D eigenvalue weighted by Gasteiger charge is -2.36. The molecule has 0 aromatic heterocycles. The third-order valence-electron chi connectivity index (χ3n) is 4.61. The smallest absolute Gasteiger partial charge is 0.0456 e. The molecule has 0 fully saturated rings. The molecule has 0 spiro atoms. The van der Waals surface area contributed by atoms with E-state index in [4.69, 9.17) is 5.73 Å². The average Bonchev–Trinajstić information content (AvgIpc) is 2.41. The normalized spacial score (nSPS) is 22.1. The molecule has 0 radical (unpaired) electrons. The summed E-state index contributed by atoms with van der Waals surface area (Å²) in [4.78, 5) is 0. The zero-order valence-electron chi connectivity index (χ0n) is 11.7. The summed E-state index contributed by atoms with van der Waals surface area (Å²) in [7, 11) is 0. The van der Waals surface area contributed by atoms with E-state index in [2.05, 4.69) is 56.3 Å². The molecule has 0 amide bonds. The Hall–Kier alpha value is -1.60. The van der Waals surface area contributed by atoms with E-state index in [-0.39, 0.29) is 5.54 Å². The van der Waals surface area contributed by atoms with Gasteiger partial charge in [0.1, 0.15) is 0 Å². The maximum absolute atomic E-state index is 6.76. The van der Waals surface area contributed by atoms with E-state index < -0.39 is 0 Å². The van der Waals surface area contributed by atoms with Crippen LogP contribution < -0.4 is 5.73 Å². The molecule has 2 N–H and O–H groups in total. The summed E-state index contributed by atoms with van der Waals surface area (Å²) >= 11 is 0. The third kappa shape index (κ3) is 2.08. The van der Waals surface area contributed by atoms with Crippen molar-refractivity contribution in [2.75, 3.05) is 0 Å². The molecule has 1 atom stereocenters. The number of hydrogen-bond acceptors (Lipinski definition) is 1. The van der Waals surface area contributed by atoms with Crippen molar-refractivity contribution in [1.29, 1.82) is 0 Å². The Bertz CT molecular complexity index is 615. The minimum Gasteiger partial charge on any atom is -0.321 e. The number of nitrogens with two attached hydrogens (primary N) is 1. The highest BCUT2D eigenvalue weighted by atomic mass is 14.7. The van der Waals surface area contributed by atoms with Gasteiger partial charge < -0.3 is 5.73 Å². The minimum absolute atomic E-state index is 0.204. The summed E-state index contributed by atoms with van der Waals surface area (Å²) in [6.45, 7) is 4.36. The van der Waals surface area contributed by atoms with Gasteiger partial charge in [-0.3, -0.25) is 0 Å². The molecule has 2 aromatic carbocycles. The minimum atomic E-state index is -0.204. The van der Waals surface area contributed by atoms with Gasteiger partial charge >= 0.3 is 0 Å². The number of benzene rings is 2. The highest BCUT2D eigenvalue weighted by Crippen LogP contribution is 2.36. The molecule has 3 rings (SSSR count). The first-order valence-electron chi connectivity index (χ1n) is 7.02. The van der Waals surface area contributed by atoms with Crippen LogP contribution in [0.5, 0.6) is 0 Å². The van der Waals surface area contributed by atoms with Crippen molar-refractivity contribution in [3.8, 4) is 0 Å². The van der Waals surface area contributed by atoms with E-state index in [9.17, 15) is 0 Å². The van der Waals surface area contributed by atoms with E-state index in [1.807, 2.05) is 0 Å². The van der Waals surface area contributed by atoms with Crippen LogP contribution in [0.4, 0.5) is 0 Å². The first-order valence-corrected chi connectivity index (χ1v) is 7.02. The molecule has 0 saturated heterocycles. The Morgan fingerprint density at radius 2 is 1.68 bits per heavy atom. The first kappa shape index (κ1) is 12.4. The predicted octanol–water partition coefficient (Wildman–Crippen LogP) is 3.65. The lowest BCUT2D eigenvalue weighted by molar-refractivity contribution is 0.383. The Morgan fingerprint density at radius 3 is 2.47 bits per heavy atom. The standard InChI is InChI=1S/C18H21N/c1-13-6-5-9-17(14(13)2)18(19)11-10-15-7-3-4-8-16(15)12-18/h3-9H,10-12,19H2,1-2H3. The average molecular weight is 251 g/mol. The molecule has 1 heteroatoms. The fraction of sp³-hybridized carbons (Fsp3) is 0.333. The summed E-state index contributed by atoms with van der Waals surface area (Å²) in [6, 6.07) is 15.2. The summed E-state index contributed by atoms with van der Waals surface area (Å²) in [5.74, 6) is 0. The van der Waals surface area contributed by atoms with Gasteiger partial charge in [-0.05, 0) is 60.9 Å². The van der Waals surface area contributed by atoms with Gasteiger partial charge in [-0.25, -0.2) is 0 Å². The summed E-state index contributed by atoms with van der Waals surface area (Å²) in [6.07, 6.45) is 3.07. The molecule has 0 aliphatic heterocycles. The van der Waals surface area contributed by atoms with Crippen LogP contribution in [0.15, 0.2) is 42.5 Å². The monoisotopic (exact) mass is 251 g/mol. The third-order valence-corrected chi connectivity index (χ3v) is 4.61. The molecule has 1 nitrogen and oxygen atoms in total. The molecule has 19 heavy (non-hydrogen) atoms. The van der Waals surface area contributed by atoms with Crippen molar-refractivity contribution in [2.24, 2.45) is 5.73 Å². The van der Waals surface area contributed by atoms with Crippen molar-refractivity contribution in [3.63, 3.8) is 0 Å². The fourth-order valence-electron chi connectivity index (χ4n) is 3.28. The maximum Gasteiger partial charge on any atom is 0.0456 e. The highest BCUT2D eigenvalue weighted by molar-refractivity contribution is 5.42. The second kappa shape index (κ2) is 4.50. The van der Waals surface area contributed by atoms with E-state index in [0.29, 0.717) is 0 Å². The van der Waals surface area contributed by atoms with Crippen molar-refractivity contribution in [1.82, 2.24) is 0 Å².